The molecule has 1 aliphatic carbocycles. The molecular weight excluding hydrogens is 463 g/mol. The predicted octanol–water partition coefficient (Wildman–Crippen LogP) is 4.68. The van der Waals surface area contributed by atoms with Crippen LogP contribution < -0.4 is 16.0 Å². The number of benzene rings is 1. The molecule has 150 valence electrons. The van der Waals surface area contributed by atoms with Gasteiger partial charge in [0.05, 0.1) is 11.2 Å². The smallest absolute Gasteiger partial charge is 0.224 e. The number of hydrogen-bond acceptors (Lipinski definition) is 4. The fourth-order valence-corrected chi connectivity index (χ4v) is 5.05. The van der Waals surface area contributed by atoms with Crippen LogP contribution in [0.5, 0.6) is 0 Å². The van der Waals surface area contributed by atoms with E-state index in [9.17, 15) is 4.79 Å². The summed E-state index contributed by atoms with van der Waals surface area (Å²) in [5.74, 6) is 1.67. The molecule has 2 aromatic rings. The molecule has 0 unspecified atom stereocenters. The maximum Gasteiger partial charge on any atom is 0.224 e. The van der Waals surface area contributed by atoms with E-state index in [1.54, 1.807) is 0 Å². The molecule has 5 nitrogen and oxygen atoms in total. The van der Waals surface area contributed by atoms with E-state index in [1.165, 1.54) is 32.1 Å². The molecule has 1 aromatic heterocycles. The molecule has 1 saturated carbocycles. The van der Waals surface area contributed by atoms with Gasteiger partial charge in [0.1, 0.15) is 5.82 Å². The Hall–Kier alpha value is -1.41. The van der Waals surface area contributed by atoms with Crippen molar-refractivity contribution in [3.8, 4) is 0 Å². The number of nitrogens with zero attached hydrogens (tertiary/aromatic N) is 2. The Morgan fingerprint density at radius 1 is 1.11 bits per heavy atom. The van der Waals surface area contributed by atoms with Gasteiger partial charge in [-0.2, -0.15) is 0 Å². The van der Waals surface area contributed by atoms with Crippen LogP contribution in [0.2, 0.25) is 0 Å². The summed E-state index contributed by atoms with van der Waals surface area (Å²) in [7, 11) is 0. The lowest BCUT2D eigenvalue weighted by Gasteiger charge is -2.31. The molecule has 1 aromatic carbocycles. The van der Waals surface area contributed by atoms with Crippen LogP contribution in [0.4, 0.5) is 11.5 Å². The van der Waals surface area contributed by atoms with Crippen LogP contribution in [0.1, 0.15) is 51.4 Å². The van der Waals surface area contributed by atoms with Gasteiger partial charge in [0, 0.05) is 34.5 Å². The Morgan fingerprint density at radius 3 is 2.61 bits per heavy atom. The highest BCUT2D eigenvalue weighted by atomic mass is 127. The van der Waals surface area contributed by atoms with Gasteiger partial charge in [-0.05, 0) is 78.5 Å². The summed E-state index contributed by atoms with van der Waals surface area (Å²) in [4.78, 5) is 19.9. The monoisotopic (exact) mass is 492 g/mol. The van der Waals surface area contributed by atoms with Crippen molar-refractivity contribution in [2.75, 3.05) is 23.3 Å². The third-order valence-electron chi connectivity index (χ3n) is 6.13. The Kier molecular flexibility index (Phi) is 6.35. The lowest BCUT2D eigenvalue weighted by atomic mass is 9.87. The first-order chi connectivity index (χ1) is 13.6. The van der Waals surface area contributed by atoms with Gasteiger partial charge in [0.2, 0.25) is 5.91 Å². The van der Waals surface area contributed by atoms with Gasteiger partial charge in [0.15, 0.2) is 0 Å². The summed E-state index contributed by atoms with van der Waals surface area (Å²) in [6.45, 7) is 1.91. The number of fused-ring (bicyclic) bond motifs is 1. The Bertz CT molecular complexity index is 842. The number of pyridine rings is 1. The number of piperidine rings is 1. The van der Waals surface area contributed by atoms with E-state index in [1.807, 2.05) is 12.1 Å². The topological polar surface area (TPSA) is 71.2 Å². The normalized spacial score (nSPS) is 19.1. The average molecular weight is 492 g/mol. The molecule has 4 rings (SSSR count). The van der Waals surface area contributed by atoms with Gasteiger partial charge in [-0.25, -0.2) is 4.98 Å². The highest BCUT2D eigenvalue weighted by Crippen LogP contribution is 2.32. The fraction of sp³-hybridized carbons (Fsp3) is 0.545. The van der Waals surface area contributed by atoms with Gasteiger partial charge in [-0.3, -0.25) is 4.79 Å². The first kappa shape index (κ1) is 19.9. The maximum atomic E-state index is 12.7. The van der Waals surface area contributed by atoms with E-state index >= 15 is 0 Å². The zero-order valence-electron chi connectivity index (χ0n) is 16.3. The van der Waals surface area contributed by atoms with Crippen LogP contribution in [0.15, 0.2) is 24.3 Å². The van der Waals surface area contributed by atoms with Gasteiger partial charge in [-0.1, -0.05) is 19.3 Å². The first-order valence-electron chi connectivity index (χ1n) is 10.5. The first-order valence-corrected chi connectivity index (χ1v) is 11.6. The van der Waals surface area contributed by atoms with Crippen LogP contribution in [0, 0.1) is 9.49 Å². The highest BCUT2D eigenvalue weighted by molar-refractivity contribution is 14.1. The summed E-state index contributed by atoms with van der Waals surface area (Å²) in [5, 5.41) is 4.20. The Labute approximate surface area is 180 Å². The molecule has 2 fully saturated rings. The van der Waals surface area contributed by atoms with Crippen LogP contribution in [-0.4, -0.2) is 30.0 Å². The lowest BCUT2D eigenvalue weighted by molar-refractivity contribution is -0.117. The number of aromatic nitrogens is 1. The molecule has 0 bridgehead atoms. The summed E-state index contributed by atoms with van der Waals surface area (Å²) in [6, 6.07) is 8.58. The zero-order valence-corrected chi connectivity index (χ0v) is 18.5. The molecule has 1 saturated heterocycles. The molecule has 0 radical (unpaired) electrons. The number of carbonyl (C=O) groups excluding carboxylic acids is 1. The van der Waals surface area contributed by atoms with Crippen molar-refractivity contribution in [1.82, 2.24) is 4.98 Å². The SMILES string of the molecule is NC1CCN(c2ccc3c(NC(=O)CC4CCCCC4)c(I)ccc3n2)CC1. The number of nitrogens with one attached hydrogen (secondary N) is 1. The minimum atomic E-state index is 0.131. The van der Waals surface area contributed by atoms with Crippen LogP contribution in [0.25, 0.3) is 10.9 Å². The molecule has 0 atom stereocenters. The molecular formula is C22H29IN4O. The largest absolute Gasteiger partial charge is 0.356 e. The molecule has 2 aliphatic rings. The summed E-state index contributed by atoms with van der Waals surface area (Å²) < 4.78 is 1.06. The molecule has 28 heavy (non-hydrogen) atoms. The lowest BCUT2D eigenvalue weighted by Crippen LogP contribution is -2.40. The Morgan fingerprint density at radius 2 is 1.86 bits per heavy atom. The second kappa shape index (κ2) is 8.95. The fourth-order valence-electron chi connectivity index (χ4n) is 4.44. The van der Waals surface area contributed by atoms with Crippen molar-refractivity contribution >= 4 is 50.9 Å². The number of halogens is 1. The number of amides is 1. The summed E-state index contributed by atoms with van der Waals surface area (Å²) in [6.07, 6.45) is 8.86. The predicted molar refractivity (Wildman–Crippen MR) is 124 cm³/mol. The van der Waals surface area contributed by atoms with E-state index in [4.69, 9.17) is 10.7 Å². The second-order valence-electron chi connectivity index (χ2n) is 8.24. The number of rotatable bonds is 4. The molecule has 1 aliphatic heterocycles. The van der Waals surface area contributed by atoms with Crippen molar-refractivity contribution in [2.24, 2.45) is 11.7 Å². The third-order valence-corrected chi connectivity index (χ3v) is 7.03. The van der Waals surface area contributed by atoms with Gasteiger partial charge < -0.3 is 16.0 Å². The second-order valence-corrected chi connectivity index (χ2v) is 9.40. The van der Waals surface area contributed by atoms with E-state index in [0.717, 1.165) is 51.9 Å². The summed E-state index contributed by atoms with van der Waals surface area (Å²) >= 11 is 2.30. The van der Waals surface area contributed by atoms with Crippen molar-refractivity contribution in [1.29, 1.82) is 0 Å². The molecule has 3 N–H and O–H groups in total. The number of carbonyl (C=O) groups is 1. The number of nitrogens with two attached hydrogens (primary N) is 1. The molecule has 1 amide bonds. The average Bonchev–Trinajstić information content (AvgIpc) is 2.71. The van der Waals surface area contributed by atoms with Crippen molar-refractivity contribution in [2.45, 2.75) is 57.4 Å². The van der Waals surface area contributed by atoms with Gasteiger partial charge >= 0.3 is 0 Å². The summed E-state index contributed by atoms with van der Waals surface area (Å²) in [5.41, 5.74) is 7.86. The van der Waals surface area contributed by atoms with E-state index < -0.39 is 0 Å². The van der Waals surface area contributed by atoms with E-state index in [0.29, 0.717) is 18.4 Å². The minimum Gasteiger partial charge on any atom is -0.356 e. The van der Waals surface area contributed by atoms with E-state index in [-0.39, 0.29) is 5.91 Å². The molecule has 2 heterocycles. The quantitative estimate of drug-likeness (QED) is 0.609. The molecule has 6 heteroatoms. The van der Waals surface area contributed by atoms with E-state index in [2.05, 4.69) is 44.9 Å². The van der Waals surface area contributed by atoms with Gasteiger partial charge in [0.25, 0.3) is 0 Å². The minimum absolute atomic E-state index is 0.131. The van der Waals surface area contributed by atoms with Gasteiger partial charge in [-0.15, -0.1) is 0 Å². The third kappa shape index (κ3) is 4.59. The van der Waals surface area contributed by atoms with Crippen LogP contribution in [-0.2, 0) is 4.79 Å². The molecule has 0 spiro atoms. The highest BCUT2D eigenvalue weighted by Gasteiger charge is 2.20. The standard InChI is InChI=1S/C22H29IN4O/c23-18-7-8-19-17(6-9-20(25-19)27-12-10-16(24)11-13-27)22(18)26-21(28)14-15-4-2-1-3-5-15/h6-9,15-16H,1-5,10-14,24H2,(H,26,28). The number of hydrogen-bond donors (Lipinski definition) is 2. The Balaban J connectivity index is 1.52. The van der Waals surface area contributed by atoms with Crippen molar-refractivity contribution in [3.63, 3.8) is 0 Å². The maximum absolute atomic E-state index is 12.7. The van der Waals surface area contributed by atoms with Crippen LogP contribution in [0.3, 0.4) is 0 Å². The van der Waals surface area contributed by atoms with Crippen molar-refractivity contribution < 1.29 is 4.79 Å². The van der Waals surface area contributed by atoms with Crippen LogP contribution >= 0.6 is 22.6 Å². The van der Waals surface area contributed by atoms with Crippen molar-refractivity contribution in [3.05, 3.63) is 27.8 Å². The number of anilines is 2. The zero-order chi connectivity index (χ0) is 19.5.